The number of methoxy groups -OCH3 is 2. The summed E-state index contributed by atoms with van der Waals surface area (Å²) in [4.78, 5) is 0. The highest BCUT2D eigenvalue weighted by Crippen LogP contribution is 2.44. The van der Waals surface area contributed by atoms with E-state index >= 15 is 0 Å². The molecular weight excluding hydrogens is 452 g/mol. The van der Waals surface area contributed by atoms with Gasteiger partial charge in [-0.05, 0) is 41.5 Å². The lowest BCUT2D eigenvalue weighted by atomic mass is 9.77. The number of aliphatic hydroxyl groups excluding tert-OH is 1. The molecule has 2 aromatic rings. The maximum atomic E-state index is 10.3. The molecule has 0 aromatic heterocycles. The van der Waals surface area contributed by atoms with Crippen LogP contribution in [-0.4, -0.2) is 41.3 Å². The second-order valence-corrected chi connectivity index (χ2v) is 7.95. The van der Waals surface area contributed by atoms with E-state index in [1.54, 1.807) is 24.3 Å². The van der Waals surface area contributed by atoms with Gasteiger partial charge in [-0.3, -0.25) is 0 Å². The predicted octanol–water partition coefficient (Wildman–Crippen LogP) is 4.45. The van der Waals surface area contributed by atoms with Gasteiger partial charge in [0.25, 0.3) is 0 Å². The van der Waals surface area contributed by atoms with Crippen molar-refractivity contribution in [3.63, 3.8) is 0 Å². The third kappa shape index (κ3) is 5.12. The fraction of sp³-hybridized carbons (Fsp3) is 0.185. The van der Waals surface area contributed by atoms with Crippen LogP contribution in [0.2, 0.25) is 0 Å². The van der Waals surface area contributed by atoms with Gasteiger partial charge in [0.1, 0.15) is 24.0 Å². The van der Waals surface area contributed by atoms with Gasteiger partial charge < -0.3 is 39.4 Å². The third-order valence-corrected chi connectivity index (χ3v) is 5.75. The molecular formula is C27H26O8. The minimum absolute atomic E-state index is 0.0569. The molecule has 182 valence electrons. The first kappa shape index (κ1) is 23.8. The van der Waals surface area contributed by atoms with Crippen LogP contribution in [0, 0.1) is 5.92 Å². The molecule has 0 amide bonds. The van der Waals surface area contributed by atoms with Crippen molar-refractivity contribution in [3.05, 3.63) is 95.4 Å². The van der Waals surface area contributed by atoms with Crippen molar-refractivity contribution < 1.29 is 39.4 Å². The van der Waals surface area contributed by atoms with Crippen LogP contribution < -0.4 is 9.47 Å². The first-order valence-electron chi connectivity index (χ1n) is 10.8. The lowest BCUT2D eigenvalue weighted by Crippen LogP contribution is -2.22. The zero-order valence-electron chi connectivity index (χ0n) is 19.2. The van der Waals surface area contributed by atoms with Gasteiger partial charge in [-0.2, -0.15) is 0 Å². The molecule has 0 radical (unpaired) electrons. The highest BCUT2D eigenvalue weighted by atomic mass is 16.5. The summed E-state index contributed by atoms with van der Waals surface area (Å²) in [7, 11) is 2.92. The van der Waals surface area contributed by atoms with E-state index in [1.807, 2.05) is 18.2 Å². The number of phenolic OH excluding ortho intramolecular Hbond substituents is 3. The van der Waals surface area contributed by atoms with Crippen LogP contribution in [0.1, 0.15) is 17.0 Å². The van der Waals surface area contributed by atoms with E-state index in [1.165, 1.54) is 44.9 Å². The lowest BCUT2D eigenvalue weighted by Gasteiger charge is -2.30. The Balaban J connectivity index is 1.56. The molecule has 0 saturated heterocycles. The Hall–Kier alpha value is -4.30. The van der Waals surface area contributed by atoms with Gasteiger partial charge in [-0.25, -0.2) is 0 Å². The minimum atomic E-state index is -0.375. The van der Waals surface area contributed by atoms with Gasteiger partial charge in [0, 0.05) is 23.5 Å². The second kappa shape index (κ2) is 10.3. The first-order valence-corrected chi connectivity index (χ1v) is 10.8. The normalized spacial score (nSPS) is 19.3. The summed E-state index contributed by atoms with van der Waals surface area (Å²) < 4.78 is 22.1. The summed E-state index contributed by atoms with van der Waals surface area (Å²) >= 11 is 0. The maximum absolute atomic E-state index is 10.3. The van der Waals surface area contributed by atoms with Crippen molar-refractivity contribution in [2.45, 2.75) is 5.92 Å². The van der Waals surface area contributed by atoms with Crippen LogP contribution in [0.4, 0.5) is 0 Å². The van der Waals surface area contributed by atoms with Crippen molar-refractivity contribution in [1.82, 2.24) is 0 Å². The first-order chi connectivity index (χ1) is 16.9. The summed E-state index contributed by atoms with van der Waals surface area (Å²) in [6.07, 6.45) is 11.8. The molecule has 1 heterocycles. The summed E-state index contributed by atoms with van der Waals surface area (Å²) in [6.45, 7) is -0.176. The Morgan fingerprint density at radius 2 is 1.60 bits per heavy atom. The molecule has 8 nitrogen and oxygen atoms in total. The highest BCUT2D eigenvalue weighted by Gasteiger charge is 2.31. The number of allylic oxidation sites excluding steroid dienone is 5. The Morgan fingerprint density at radius 1 is 0.914 bits per heavy atom. The van der Waals surface area contributed by atoms with Gasteiger partial charge in [0.05, 0.1) is 20.8 Å². The zero-order chi connectivity index (χ0) is 24.9. The van der Waals surface area contributed by atoms with Crippen molar-refractivity contribution in [2.24, 2.45) is 5.92 Å². The number of aromatic hydroxyl groups is 3. The minimum Gasteiger partial charge on any atom is -0.508 e. The van der Waals surface area contributed by atoms with E-state index in [2.05, 4.69) is 0 Å². The van der Waals surface area contributed by atoms with Crippen molar-refractivity contribution in [1.29, 1.82) is 0 Å². The van der Waals surface area contributed by atoms with Gasteiger partial charge >= 0.3 is 0 Å². The summed E-state index contributed by atoms with van der Waals surface area (Å²) in [5.74, 6) is 0.517. The Morgan fingerprint density at radius 3 is 2.23 bits per heavy atom. The van der Waals surface area contributed by atoms with Crippen LogP contribution in [0.15, 0.2) is 84.3 Å². The molecule has 4 N–H and O–H groups in total. The molecule has 0 spiro atoms. The molecule has 0 bridgehead atoms. The average Bonchev–Trinajstić information content (AvgIpc) is 2.86. The SMILES string of the molecule is COc1cc(C2C=CC=C(C3=COC=C(C=Cc4cc(O)cc(O)c4)O3)C2CO)cc(OC)c1O. The molecule has 4 rings (SSSR count). The van der Waals surface area contributed by atoms with E-state index in [0.29, 0.717) is 17.1 Å². The van der Waals surface area contributed by atoms with Crippen molar-refractivity contribution in [2.75, 3.05) is 20.8 Å². The summed E-state index contributed by atoms with van der Waals surface area (Å²) in [5, 5.41) is 39.9. The molecule has 1 aliphatic heterocycles. The predicted molar refractivity (Wildman–Crippen MR) is 129 cm³/mol. The molecule has 0 fully saturated rings. The molecule has 2 aromatic carbocycles. The Kier molecular flexibility index (Phi) is 7.03. The van der Waals surface area contributed by atoms with Crippen LogP contribution >= 0.6 is 0 Å². The number of rotatable bonds is 7. The van der Waals surface area contributed by atoms with Gasteiger partial charge in [-0.1, -0.05) is 24.3 Å². The lowest BCUT2D eigenvalue weighted by molar-refractivity contribution is 0.206. The fourth-order valence-electron chi connectivity index (χ4n) is 4.09. The molecule has 2 unspecified atom stereocenters. The van der Waals surface area contributed by atoms with E-state index in [4.69, 9.17) is 18.9 Å². The Labute approximate surface area is 202 Å². The van der Waals surface area contributed by atoms with Crippen LogP contribution in [-0.2, 0) is 9.47 Å². The summed E-state index contributed by atoms with van der Waals surface area (Å²) in [6, 6.07) is 7.66. The fourth-order valence-corrected chi connectivity index (χ4v) is 4.09. The van der Waals surface area contributed by atoms with E-state index < -0.39 is 0 Å². The van der Waals surface area contributed by atoms with Gasteiger partial charge in [0.15, 0.2) is 23.0 Å². The van der Waals surface area contributed by atoms with E-state index in [0.717, 1.165) is 11.1 Å². The quantitative estimate of drug-likeness (QED) is 0.461. The largest absolute Gasteiger partial charge is 0.508 e. The number of hydrogen-bond donors (Lipinski definition) is 4. The van der Waals surface area contributed by atoms with Crippen molar-refractivity contribution in [3.8, 4) is 28.7 Å². The molecule has 1 aliphatic carbocycles. The van der Waals surface area contributed by atoms with Gasteiger partial charge in [-0.15, -0.1) is 0 Å². The van der Waals surface area contributed by atoms with Crippen molar-refractivity contribution >= 4 is 6.08 Å². The number of ether oxygens (including phenoxy) is 4. The number of aliphatic hydroxyl groups is 1. The molecule has 2 aliphatic rings. The average molecular weight is 478 g/mol. The topological polar surface area (TPSA) is 118 Å². The highest BCUT2D eigenvalue weighted by molar-refractivity contribution is 5.57. The smallest absolute Gasteiger partial charge is 0.200 e. The number of benzene rings is 2. The van der Waals surface area contributed by atoms with E-state index in [-0.39, 0.29) is 47.2 Å². The Bertz CT molecular complexity index is 1210. The molecule has 2 atom stereocenters. The van der Waals surface area contributed by atoms with Gasteiger partial charge in [0.2, 0.25) is 5.75 Å². The standard InChI is InChI=1S/C27H26O8/c1-32-24-10-17(11-25(33-2)27(24)31)21-4-3-5-22(23(21)13-28)26-15-34-14-20(35-26)7-6-16-8-18(29)12-19(30)9-16/h3-12,14-15,21,23,28-31H,13H2,1-2H3. The maximum Gasteiger partial charge on any atom is 0.200 e. The van der Waals surface area contributed by atoms with Crippen LogP contribution in [0.5, 0.6) is 28.7 Å². The monoisotopic (exact) mass is 478 g/mol. The molecule has 8 heteroatoms. The second-order valence-electron chi connectivity index (χ2n) is 7.95. The molecule has 0 saturated carbocycles. The third-order valence-electron chi connectivity index (χ3n) is 5.75. The van der Waals surface area contributed by atoms with E-state index in [9.17, 15) is 20.4 Å². The summed E-state index contributed by atoms with van der Waals surface area (Å²) in [5.41, 5.74) is 2.08. The van der Waals surface area contributed by atoms with Crippen LogP contribution in [0.25, 0.3) is 6.08 Å². The number of phenols is 3. The number of hydrogen-bond acceptors (Lipinski definition) is 8. The van der Waals surface area contributed by atoms with Crippen LogP contribution in [0.3, 0.4) is 0 Å². The zero-order valence-corrected chi connectivity index (χ0v) is 19.2. The molecule has 35 heavy (non-hydrogen) atoms.